The smallest absolute Gasteiger partial charge is 0.462 e. The first-order valence-corrected chi connectivity index (χ1v) is 11.0. The van der Waals surface area contributed by atoms with Gasteiger partial charge in [-0.05, 0) is 0 Å². The van der Waals surface area contributed by atoms with Crippen molar-refractivity contribution >= 4 is 31.7 Å². The van der Waals surface area contributed by atoms with E-state index < -0.39 is 82.2 Å². The summed E-state index contributed by atoms with van der Waals surface area (Å²) in [6.07, 6.45) is -2.31. The summed E-state index contributed by atoms with van der Waals surface area (Å²) in [6, 6.07) is 0. The van der Waals surface area contributed by atoms with Gasteiger partial charge >= 0.3 is 31.7 Å². The number of carbonyl (C=O) groups excluding carboxylic acids is 4. The predicted molar refractivity (Wildman–Crippen MR) is 104 cm³/mol. The Kier molecular flexibility index (Phi) is 13.2. The molecule has 0 aliphatic carbocycles. The Balaban J connectivity index is 4.90. The second-order valence-electron chi connectivity index (χ2n) is 7.09. The lowest BCUT2D eigenvalue weighted by Crippen LogP contribution is -2.32. The molecule has 0 amide bonds. The molecular formula is C18H31O12P. The standard InChI is InChI=1S/C18H31O12P/c1-11(2)17(21)26-8-16(30-18(22)12(3)4)10-28-31(23,24)27-9-15(29-14(6)20)7-25-13(5)19/h11-12,15-16H,7-10H2,1-6H3,(H,23,24)/t15-,16?/m1/s1. The molecule has 3 atom stereocenters. The largest absolute Gasteiger partial charge is 0.472 e. The van der Waals surface area contributed by atoms with Crippen LogP contribution in [0.1, 0.15) is 41.5 Å². The molecule has 0 aliphatic heterocycles. The summed E-state index contributed by atoms with van der Waals surface area (Å²) in [4.78, 5) is 55.3. The van der Waals surface area contributed by atoms with Crippen molar-refractivity contribution in [1.29, 1.82) is 0 Å². The maximum atomic E-state index is 12.1. The highest BCUT2D eigenvalue weighted by Gasteiger charge is 2.29. The molecule has 1 N–H and O–H groups in total. The van der Waals surface area contributed by atoms with E-state index in [4.69, 9.17) is 28.0 Å². The Morgan fingerprint density at radius 2 is 1.16 bits per heavy atom. The normalized spacial score (nSPS) is 15.0. The zero-order valence-electron chi connectivity index (χ0n) is 18.5. The lowest BCUT2D eigenvalue weighted by atomic mass is 10.2. The van der Waals surface area contributed by atoms with Gasteiger partial charge in [-0.1, -0.05) is 27.7 Å². The fourth-order valence-corrected chi connectivity index (χ4v) is 2.50. The molecule has 0 saturated carbocycles. The molecule has 0 heterocycles. The van der Waals surface area contributed by atoms with Crippen LogP contribution in [0.5, 0.6) is 0 Å². The molecule has 31 heavy (non-hydrogen) atoms. The van der Waals surface area contributed by atoms with Crippen LogP contribution in [-0.2, 0) is 51.7 Å². The van der Waals surface area contributed by atoms with Gasteiger partial charge in [0.2, 0.25) is 0 Å². The predicted octanol–water partition coefficient (Wildman–Crippen LogP) is 1.38. The number of phosphoric ester groups is 1. The van der Waals surface area contributed by atoms with Gasteiger partial charge in [-0.15, -0.1) is 0 Å². The highest BCUT2D eigenvalue weighted by atomic mass is 31.2. The Morgan fingerprint density at radius 1 is 0.710 bits per heavy atom. The number of ether oxygens (including phenoxy) is 4. The average molecular weight is 470 g/mol. The minimum atomic E-state index is -4.69. The molecule has 0 aromatic rings. The Hall–Kier alpha value is -2.01. The summed E-state index contributed by atoms with van der Waals surface area (Å²) in [5, 5.41) is 0. The third-order valence-corrected chi connectivity index (χ3v) is 4.24. The Morgan fingerprint density at radius 3 is 1.58 bits per heavy atom. The number of rotatable bonds is 14. The quantitative estimate of drug-likeness (QED) is 0.221. The summed E-state index contributed by atoms with van der Waals surface area (Å²) in [7, 11) is -4.69. The second-order valence-corrected chi connectivity index (χ2v) is 8.55. The average Bonchev–Trinajstić information content (AvgIpc) is 2.65. The van der Waals surface area contributed by atoms with Gasteiger partial charge in [-0.2, -0.15) is 0 Å². The fourth-order valence-electron chi connectivity index (χ4n) is 1.71. The lowest BCUT2D eigenvalue weighted by molar-refractivity contribution is -0.165. The molecule has 0 fully saturated rings. The van der Waals surface area contributed by atoms with E-state index in [1.165, 1.54) is 0 Å². The van der Waals surface area contributed by atoms with Crippen LogP contribution >= 0.6 is 7.82 Å². The van der Waals surface area contributed by atoms with Crippen molar-refractivity contribution in [3.8, 4) is 0 Å². The molecule has 13 heteroatoms. The molecule has 12 nitrogen and oxygen atoms in total. The number of esters is 4. The number of phosphoric acid groups is 1. The molecule has 0 spiro atoms. The summed E-state index contributed by atoms with van der Waals surface area (Å²) in [5.74, 6) is -3.47. The summed E-state index contributed by atoms with van der Waals surface area (Å²) in [5.41, 5.74) is 0. The molecule has 2 unspecified atom stereocenters. The molecule has 180 valence electrons. The van der Waals surface area contributed by atoms with Gasteiger partial charge in [0.15, 0.2) is 12.2 Å². The third-order valence-electron chi connectivity index (χ3n) is 3.29. The lowest BCUT2D eigenvalue weighted by Gasteiger charge is -2.22. The van der Waals surface area contributed by atoms with E-state index in [1.807, 2.05) is 0 Å². The number of hydrogen-bond acceptors (Lipinski definition) is 11. The molecule has 0 aromatic carbocycles. The first kappa shape index (κ1) is 29.0. The van der Waals surface area contributed by atoms with Crippen molar-refractivity contribution in [2.24, 2.45) is 11.8 Å². The molecule has 0 aliphatic rings. The summed E-state index contributed by atoms with van der Waals surface area (Å²) < 4.78 is 41.4. The highest BCUT2D eigenvalue weighted by molar-refractivity contribution is 7.47. The van der Waals surface area contributed by atoms with Gasteiger partial charge in [0.25, 0.3) is 0 Å². The van der Waals surface area contributed by atoms with E-state index in [0.717, 1.165) is 13.8 Å². The van der Waals surface area contributed by atoms with Gasteiger partial charge in [-0.3, -0.25) is 28.2 Å². The van der Waals surface area contributed by atoms with Crippen LogP contribution in [0.3, 0.4) is 0 Å². The maximum absolute atomic E-state index is 12.1. The molecule has 0 bridgehead atoms. The van der Waals surface area contributed by atoms with Crippen LogP contribution in [0, 0.1) is 11.8 Å². The van der Waals surface area contributed by atoms with Crippen molar-refractivity contribution in [3.63, 3.8) is 0 Å². The van der Waals surface area contributed by atoms with Crippen molar-refractivity contribution in [2.45, 2.75) is 53.8 Å². The first-order valence-electron chi connectivity index (χ1n) is 9.53. The number of hydrogen-bond donors (Lipinski definition) is 1. The third kappa shape index (κ3) is 14.6. The van der Waals surface area contributed by atoms with Crippen molar-refractivity contribution < 1.29 is 56.6 Å². The highest BCUT2D eigenvalue weighted by Crippen LogP contribution is 2.43. The molecule has 0 rings (SSSR count). The van der Waals surface area contributed by atoms with Gasteiger partial charge < -0.3 is 23.8 Å². The number of carbonyl (C=O) groups is 4. The Labute approximate surface area is 181 Å². The molecule has 0 aromatic heterocycles. The zero-order chi connectivity index (χ0) is 24.2. The minimum Gasteiger partial charge on any atom is -0.462 e. The van der Waals surface area contributed by atoms with Crippen LogP contribution in [0.15, 0.2) is 0 Å². The van der Waals surface area contributed by atoms with Crippen molar-refractivity contribution in [1.82, 2.24) is 0 Å². The minimum absolute atomic E-state index is 0.391. The van der Waals surface area contributed by atoms with E-state index in [9.17, 15) is 28.6 Å². The summed E-state index contributed by atoms with van der Waals surface area (Å²) >= 11 is 0. The van der Waals surface area contributed by atoms with Crippen molar-refractivity contribution in [3.05, 3.63) is 0 Å². The monoisotopic (exact) mass is 470 g/mol. The van der Waals surface area contributed by atoms with Crippen LogP contribution in [0.25, 0.3) is 0 Å². The van der Waals surface area contributed by atoms with E-state index in [-0.39, 0.29) is 0 Å². The fraction of sp³-hybridized carbons (Fsp3) is 0.778. The Bertz CT molecular complexity index is 660. The van der Waals surface area contributed by atoms with Gasteiger partial charge in [0, 0.05) is 13.8 Å². The maximum Gasteiger partial charge on any atom is 0.472 e. The van der Waals surface area contributed by atoms with Gasteiger partial charge in [-0.25, -0.2) is 4.57 Å². The van der Waals surface area contributed by atoms with E-state index in [2.05, 4.69) is 0 Å². The van der Waals surface area contributed by atoms with Crippen molar-refractivity contribution in [2.75, 3.05) is 26.4 Å². The van der Waals surface area contributed by atoms with E-state index in [1.54, 1.807) is 27.7 Å². The SMILES string of the molecule is CC(=O)OC[C@H](COP(=O)(O)OCC(COC(=O)C(C)C)OC(=O)C(C)C)OC(C)=O. The van der Waals surface area contributed by atoms with Gasteiger partial charge in [0.1, 0.15) is 13.2 Å². The molecule has 0 radical (unpaired) electrons. The van der Waals surface area contributed by atoms with E-state index >= 15 is 0 Å². The van der Waals surface area contributed by atoms with Crippen LogP contribution in [0.4, 0.5) is 0 Å². The van der Waals surface area contributed by atoms with Crippen LogP contribution in [-0.4, -0.2) is 67.4 Å². The zero-order valence-corrected chi connectivity index (χ0v) is 19.4. The first-order chi connectivity index (χ1) is 14.2. The van der Waals surface area contributed by atoms with Gasteiger partial charge in [0.05, 0.1) is 25.0 Å². The van der Waals surface area contributed by atoms with Crippen LogP contribution in [0.2, 0.25) is 0 Å². The van der Waals surface area contributed by atoms with Crippen LogP contribution < -0.4 is 0 Å². The molecule has 0 saturated heterocycles. The van der Waals surface area contributed by atoms with E-state index in [0.29, 0.717) is 0 Å². The second kappa shape index (κ2) is 14.1. The topological polar surface area (TPSA) is 161 Å². The summed E-state index contributed by atoms with van der Waals surface area (Å²) in [6.45, 7) is 6.61. The molecular weight excluding hydrogens is 439 g/mol.